The minimum Gasteiger partial charge on any atom is -0.398 e. The molecule has 0 spiro atoms. The maximum Gasteiger partial charge on any atom is 0.333 e. The van der Waals surface area contributed by atoms with Gasteiger partial charge in [0, 0.05) is 22.8 Å². The Labute approximate surface area is 136 Å². The van der Waals surface area contributed by atoms with Crippen LogP contribution < -0.4 is 11.4 Å². The van der Waals surface area contributed by atoms with Crippen molar-refractivity contribution in [3.63, 3.8) is 0 Å². The zero-order valence-electron chi connectivity index (χ0n) is 13.1. The molecule has 0 radical (unpaired) electrons. The molecule has 0 fully saturated rings. The quantitative estimate of drug-likeness (QED) is 0.495. The van der Waals surface area contributed by atoms with Gasteiger partial charge in [0.15, 0.2) is 0 Å². The number of fused-ring (bicyclic) bond motifs is 2. The number of rotatable bonds is 2. The van der Waals surface area contributed by atoms with Gasteiger partial charge in [0.25, 0.3) is 0 Å². The Morgan fingerprint density at radius 1 is 1.21 bits per heavy atom. The third-order valence-corrected chi connectivity index (χ3v) is 4.34. The van der Waals surface area contributed by atoms with Crippen LogP contribution in [0.15, 0.2) is 47.4 Å². The van der Waals surface area contributed by atoms with Gasteiger partial charge < -0.3 is 15.7 Å². The van der Waals surface area contributed by atoms with E-state index in [0.29, 0.717) is 16.7 Å². The van der Waals surface area contributed by atoms with E-state index in [4.69, 9.17) is 5.73 Å². The normalized spacial score (nSPS) is 11.4. The molecule has 0 amide bonds. The third kappa shape index (κ3) is 2.11. The van der Waals surface area contributed by atoms with E-state index in [1.807, 2.05) is 37.4 Å². The molecular weight excluding hydrogens is 304 g/mol. The maximum absolute atomic E-state index is 12.7. The first kappa shape index (κ1) is 14.3. The fourth-order valence-corrected chi connectivity index (χ4v) is 3.04. The van der Waals surface area contributed by atoms with Crippen molar-refractivity contribution in [1.29, 1.82) is 0 Å². The monoisotopic (exact) mass is 320 g/mol. The number of carbonyl (C=O) groups is 1. The molecule has 0 saturated carbocycles. The van der Waals surface area contributed by atoms with E-state index >= 15 is 0 Å². The van der Waals surface area contributed by atoms with E-state index < -0.39 is 5.69 Å². The van der Waals surface area contributed by atoms with Crippen molar-refractivity contribution in [1.82, 2.24) is 14.5 Å². The number of nitrogen functional groups attached to an aromatic ring is 1. The number of carbonyl (C=O) groups excluding carboxylic acids is 1. The lowest BCUT2D eigenvalue weighted by molar-refractivity contribution is 0.0915. The van der Waals surface area contributed by atoms with Gasteiger partial charge in [-0.3, -0.25) is 4.79 Å². The number of imidazole rings is 1. The van der Waals surface area contributed by atoms with Crippen LogP contribution in [0.4, 0.5) is 5.69 Å². The molecule has 0 atom stereocenters. The van der Waals surface area contributed by atoms with E-state index in [-0.39, 0.29) is 12.3 Å². The van der Waals surface area contributed by atoms with Crippen LogP contribution in [0.2, 0.25) is 0 Å². The van der Waals surface area contributed by atoms with E-state index in [0.717, 1.165) is 22.0 Å². The molecule has 24 heavy (non-hydrogen) atoms. The summed E-state index contributed by atoms with van der Waals surface area (Å²) in [7, 11) is 0. The van der Waals surface area contributed by atoms with E-state index in [1.54, 1.807) is 12.1 Å². The molecule has 0 aliphatic carbocycles. The summed E-state index contributed by atoms with van der Waals surface area (Å²) < 4.78 is 1.18. The van der Waals surface area contributed by atoms with Gasteiger partial charge in [-0.2, -0.15) is 0 Å². The third-order valence-electron chi connectivity index (χ3n) is 4.34. The molecule has 6 heteroatoms. The molecule has 4 rings (SSSR count). The molecule has 2 heterocycles. The first-order chi connectivity index (χ1) is 11.5. The standard InChI is InChI=1S/C18H16N4O2/c1-10-6-16-15(8-13(10)19)21-18(24)22(16)17(23)7-11-9-20-14-5-3-2-4-12(11)14/h2-6,8-9,20H,7,19H2,1H3,(H,21,24). The lowest BCUT2D eigenvalue weighted by Gasteiger charge is -2.04. The van der Waals surface area contributed by atoms with Crippen LogP contribution in [0.1, 0.15) is 15.9 Å². The van der Waals surface area contributed by atoms with Crippen molar-refractivity contribution in [2.24, 2.45) is 0 Å². The Balaban J connectivity index is 1.80. The van der Waals surface area contributed by atoms with Crippen molar-refractivity contribution in [2.45, 2.75) is 13.3 Å². The smallest absolute Gasteiger partial charge is 0.333 e. The van der Waals surface area contributed by atoms with E-state index in [2.05, 4.69) is 9.97 Å². The number of aromatic amines is 2. The second-order valence-corrected chi connectivity index (χ2v) is 5.92. The number of benzene rings is 2. The molecule has 0 unspecified atom stereocenters. The molecule has 0 saturated heterocycles. The van der Waals surface area contributed by atoms with Crippen LogP contribution in [-0.2, 0) is 6.42 Å². The SMILES string of the molecule is Cc1cc2c(cc1N)[nH]c(=O)n2C(=O)Cc1c[nH]c2ccccc12. The molecule has 0 aliphatic rings. The summed E-state index contributed by atoms with van der Waals surface area (Å²) in [5.41, 5.74) is 9.79. The van der Waals surface area contributed by atoms with Crippen LogP contribution in [0.5, 0.6) is 0 Å². The molecule has 2 aromatic carbocycles. The summed E-state index contributed by atoms with van der Waals surface area (Å²) in [6.07, 6.45) is 1.95. The van der Waals surface area contributed by atoms with Gasteiger partial charge in [-0.1, -0.05) is 18.2 Å². The lowest BCUT2D eigenvalue weighted by atomic mass is 10.1. The zero-order valence-corrected chi connectivity index (χ0v) is 13.1. The van der Waals surface area contributed by atoms with Crippen LogP contribution >= 0.6 is 0 Å². The summed E-state index contributed by atoms with van der Waals surface area (Å²) in [5, 5.41) is 0.985. The van der Waals surface area contributed by atoms with Gasteiger partial charge in [-0.15, -0.1) is 0 Å². The number of aromatic nitrogens is 3. The number of hydrogen-bond acceptors (Lipinski definition) is 3. The summed E-state index contributed by atoms with van der Waals surface area (Å²) in [5.74, 6) is -0.278. The molecular formula is C18H16N4O2. The van der Waals surface area contributed by atoms with Gasteiger partial charge >= 0.3 is 5.69 Å². The largest absolute Gasteiger partial charge is 0.398 e. The van der Waals surface area contributed by atoms with Gasteiger partial charge in [-0.25, -0.2) is 9.36 Å². The minimum atomic E-state index is -0.445. The predicted octanol–water partition coefficient (Wildman–Crippen LogP) is 2.58. The Morgan fingerprint density at radius 3 is 2.83 bits per heavy atom. The molecule has 120 valence electrons. The highest BCUT2D eigenvalue weighted by molar-refractivity contribution is 5.95. The number of nitrogens with two attached hydrogens (primary N) is 1. The average molecular weight is 320 g/mol. The number of nitrogens with one attached hydrogen (secondary N) is 2. The molecule has 6 nitrogen and oxygen atoms in total. The minimum absolute atomic E-state index is 0.139. The molecule has 2 aromatic heterocycles. The number of H-pyrrole nitrogens is 2. The second kappa shape index (κ2) is 5.13. The number of hydrogen-bond donors (Lipinski definition) is 3. The summed E-state index contributed by atoms with van der Waals surface area (Å²) in [6.45, 7) is 1.85. The number of nitrogens with zero attached hydrogens (tertiary/aromatic N) is 1. The first-order valence-electron chi connectivity index (χ1n) is 7.63. The van der Waals surface area contributed by atoms with Crippen LogP contribution in [0.3, 0.4) is 0 Å². The fourth-order valence-electron chi connectivity index (χ4n) is 3.04. The molecule has 0 aliphatic heterocycles. The van der Waals surface area contributed by atoms with Gasteiger partial charge in [0.2, 0.25) is 5.91 Å². The first-order valence-corrected chi connectivity index (χ1v) is 7.63. The van der Waals surface area contributed by atoms with Crippen LogP contribution in [0.25, 0.3) is 21.9 Å². The van der Waals surface area contributed by atoms with Crippen LogP contribution in [-0.4, -0.2) is 20.4 Å². The highest BCUT2D eigenvalue weighted by Gasteiger charge is 2.17. The lowest BCUT2D eigenvalue weighted by Crippen LogP contribution is -2.25. The van der Waals surface area contributed by atoms with E-state index in [9.17, 15) is 9.59 Å². The number of anilines is 1. The zero-order chi connectivity index (χ0) is 16.8. The number of para-hydroxylation sites is 1. The highest BCUT2D eigenvalue weighted by atomic mass is 16.2. The maximum atomic E-state index is 12.7. The van der Waals surface area contributed by atoms with Crippen molar-refractivity contribution in [2.75, 3.05) is 5.73 Å². The second-order valence-electron chi connectivity index (χ2n) is 5.92. The van der Waals surface area contributed by atoms with E-state index in [1.165, 1.54) is 4.57 Å². The van der Waals surface area contributed by atoms with Crippen molar-refractivity contribution in [3.05, 3.63) is 64.2 Å². The summed E-state index contributed by atoms with van der Waals surface area (Å²) in [4.78, 5) is 30.8. The summed E-state index contributed by atoms with van der Waals surface area (Å²) >= 11 is 0. The Kier molecular flexibility index (Phi) is 3.06. The Morgan fingerprint density at radius 2 is 2.00 bits per heavy atom. The van der Waals surface area contributed by atoms with Crippen molar-refractivity contribution in [3.8, 4) is 0 Å². The molecule has 4 aromatic rings. The number of aryl methyl sites for hydroxylation is 1. The van der Waals surface area contributed by atoms with Gasteiger partial charge in [-0.05, 0) is 36.2 Å². The average Bonchev–Trinajstić information content (AvgIpc) is 3.09. The Hall–Kier alpha value is -3.28. The topological polar surface area (TPSA) is 96.7 Å². The molecule has 0 bridgehead atoms. The predicted molar refractivity (Wildman–Crippen MR) is 94.3 cm³/mol. The van der Waals surface area contributed by atoms with Gasteiger partial charge in [0.05, 0.1) is 17.5 Å². The van der Waals surface area contributed by atoms with Crippen LogP contribution in [0, 0.1) is 6.92 Å². The van der Waals surface area contributed by atoms with Crippen molar-refractivity contribution >= 4 is 33.5 Å². The molecule has 4 N–H and O–H groups in total. The Bertz CT molecular complexity index is 1150. The fraction of sp³-hybridized carbons (Fsp3) is 0.111. The van der Waals surface area contributed by atoms with Crippen molar-refractivity contribution < 1.29 is 4.79 Å². The van der Waals surface area contributed by atoms with Gasteiger partial charge in [0.1, 0.15) is 0 Å². The highest BCUT2D eigenvalue weighted by Crippen LogP contribution is 2.21. The summed E-state index contributed by atoms with van der Waals surface area (Å²) in [6, 6.07) is 11.2.